The molecule has 0 spiro atoms. The highest BCUT2D eigenvalue weighted by molar-refractivity contribution is 5.89. The molecule has 0 aromatic carbocycles. The summed E-state index contributed by atoms with van der Waals surface area (Å²) in [5.74, 6) is -0.00200. The average molecular weight is 240 g/mol. The molecule has 0 aromatic heterocycles. The molecule has 0 aromatic rings. The van der Waals surface area contributed by atoms with Gasteiger partial charge in [-0.05, 0) is 20.3 Å². The highest BCUT2D eigenvalue weighted by atomic mass is 16.2. The largest absolute Gasteiger partial charge is 0.356 e. The van der Waals surface area contributed by atoms with Gasteiger partial charge in [-0.1, -0.05) is 19.8 Å². The third kappa shape index (κ3) is 4.02. The highest BCUT2D eigenvalue weighted by Crippen LogP contribution is 2.20. The molecule has 0 saturated carbocycles. The minimum atomic E-state index is -0.147. The number of carbonyl (C=O) groups excluding carboxylic acids is 2. The maximum absolute atomic E-state index is 11.8. The van der Waals surface area contributed by atoms with Gasteiger partial charge in [-0.2, -0.15) is 0 Å². The Labute approximate surface area is 104 Å². The van der Waals surface area contributed by atoms with Crippen LogP contribution in [0.5, 0.6) is 0 Å². The van der Waals surface area contributed by atoms with E-state index in [1.54, 1.807) is 4.90 Å². The first-order chi connectivity index (χ1) is 8.06. The molecule has 1 atom stereocenters. The molecule has 0 unspecified atom stereocenters. The number of unbranched alkanes of at least 4 members (excludes halogenated alkanes) is 2. The Morgan fingerprint density at radius 3 is 2.71 bits per heavy atom. The van der Waals surface area contributed by atoms with E-state index in [0.717, 1.165) is 25.8 Å². The first-order valence-electron chi connectivity index (χ1n) is 6.63. The van der Waals surface area contributed by atoms with Crippen molar-refractivity contribution in [2.45, 2.75) is 52.5 Å². The monoisotopic (exact) mass is 240 g/mol. The summed E-state index contributed by atoms with van der Waals surface area (Å²) in [6, 6.07) is 0.195. The van der Waals surface area contributed by atoms with Gasteiger partial charge in [0.05, 0.1) is 5.92 Å². The van der Waals surface area contributed by atoms with Crippen LogP contribution in [0, 0.1) is 5.92 Å². The van der Waals surface area contributed by atoms with E-state index in [0.29, 0.717) is 13.0 Å². The number of amides is 2. The molecular weight excluding hydrogens is 216 g/mol. The summed E-state index contributed by atoms with van der Waals surface area (Å²) >= 11 is 0. The molecule has 2 amide bonds. The Hall–Kier alpha value is -1.06. The molecule has 17 heavy (non-hydrogen) atoms. The van der Waals surface area contributed by atoms with Crippen LogP contribution in [0.2, 0.25) is 0 Å². The quantitative estimate of drug-likeness (QED) is 0.716. The summed E-state index contributed by atoms with van der Waals surface area (Å²) < 4.78 is 0. The summed E-state index contributed by atoms with van der Waals surface area (Å²) in [6.45, 7) is 7.42. The van der Waals surface area contributed by atoms with Crippen LogP contribution in [0.3, 0.4) is 0 Å². The zero-order chi connectivity index (χ0) is 12.8. The number of rotatable bonds is 6. The standard InChI is InChI=1S/C13H24N2O2/c1-4-5-6-7-14-13(17)11-8-12(16)15(9-11)10(2)3/h10-11H,4-9H2,1-3H3,(H,14,17)/t11-/m1/s1. The molecule has 1 heterocycles. The predicted molar refractivity (Wildman–Crippen MR) is 67.5 cm³/mol. The van der Waals surface area contributed by atoms with Crippen molar-refractivity contribution >= 4 is 11.8 Å². The van der Waals surface area contributed by atoms with E-state index in [1.807, 2.05) is 13.8 Å². The van der Waals surface area contributed by atoms with Crippen molar-refractivity contribution in [1.82, 2.24) is 10.2 Å². The van der Waals surface area contributed by atoms with Crippen molar-refractivity contribution in [2.24, 2.45) is 5.92 Å². The molecule has 0 radical (unpaired) electrons. The summed E-state index contributed by atoms with van der Waals surface area (Å²) in [5.41, 5.74) is 0. The molecule has 4 heteroatoms. The molecule has 1 N–H and O–H groups in total. The van der Waals surface area contributed by atoms with Crippen LogP contribution in [0.25, 0.3) is 0 Å². The second kappa shape index (κ2) is 6.62. The fraction of sp³-hybridized carbons (Fsp3) is 0.846. The average Bonchev–Trinajstić information content (AvgIpc) is 2.66. The normalized spacial score (nSPS) is 20.1. The number of carbonyl (C=O) groups is 2. The van der Waals surface area contributed by atoms with Crippen LogP contribution < -0.4 is 5.32 Å². The molecule has 1 saturated heterocycles. The Kier molecular flexibility index (Phi) is 5.45. The van der Waals surface area contributed by atoms with Crippen LogP contribution in [0.4, 0.5) is 0 Å². The second-order valence-corrected chi connectivity index (χ2v) is 5.04. The third-order valence-electron chi connectivity index (χ3n) is 3.23. The van der Waals surface area contributed by atoms with E-state index in [1.165, 1.54) is 0 Å². The first-order valence-corrected chi connectivity index (χ1v) is 6.63. The molecule has 1 rings (SSSR count). The van der Waals surface area contributed by atoms with Crippen molar-refractivity contribution in [1.29, 1.82) is 0 Å². The molecule has 0 bridgehead atoms. The van der Waals surface area contributed by atoms with Gasteiger partial charge >= 0.3 is 0 Å². The van der Waals surface area contributed by atoms with Crippen LogP contribution in [-0.4, -0.2) is 35.8 Å². The molecular formula is C13H24N2O2. The number of nitrogens with zero attached hydrogens (tertiary/aromatic N) is 1. The van der Waals surface area contributed by atoms with E-state index >= 15 is 0 Å². The maximum Gasteiger partial charge on any atom is 0.225 e. The Balaban J connectivity index is 2.32. The van der Waals surface area contributed by atoms with E-state index in [4.69, 9.17) is 0 Å². The van der Waals surface area contributed by atoms with Crippen LogP contribution in [0.1, 0.15) is 46.5 Å². The van der Waals surface area contributed by atoms with Crippen molar-refractivity contribution in [3.63, 3.8) is 0 Å². The van der Waals surface area contributed by atoms with E-state index in [2.05, 4.69) is 12.2 Å². The van der Waals surface area contributed by atoms with Gasteiger partial charge in [0.2, 0.25) is 11.8 Å². The van der Waals surface area contributed by atoms with Gasteiger partial charge in [-0.3, -0.25) is 9.59 Å². The smallest absolute Gasteiger partial charge is 0.225 e. The van der Waals surface area contributed by atoms with Gasteiger partial charge in [-0.25, -0.2) is 0 Å². The summed E-state index contributed by atoms with van der Waals surface area (Å²) in [5, 5.41) is 2.92. The first kappa shape index (κ1) is 14.0. The predicted octanol–water partition coefficient (Wildman–Crippen LogP) is 1.55. The highest BCUT2D eigenvalue weighted by Gasteiger charge is 2.35. The molecule has 1 aliphatic heterocycles. The zero-order valence-corrected chi connectivity index (χ0v) is 11.2. The molecule has 4 nitrogen and oxygen atoms in total. The molecule has 1 fully saturated rings. The van der Waals surface area contributed by atoms with Crippen LogP contribution in [-0.2, 0) is 9.59 Å². The third-order valence-corrected chi connectivity index (χ3v) is 3.23. The number of nitrogens with one attached hydrogen (secondary N) is 1. The Morgan fingerprint density at radius 1 is 1.47 bits per heavy atom. The van der Waals surface area contributed by atoms with Crippen molar-refractivity contribution in [3.05, 3.63) is 0 Å². The molecule has 0 aliphatic carbocycles. The van der Waals surface area contributed by atoms with Crippen molar-refractivity contribution in [3.8, 4) is 0 Å². The summed E-state index contributed by atoms with van der Waals surface area (Å²) in [6.07, 6.45) is 3.69. The van der Waals surface area contributed by atoms with Gasteiger partial charge in [0.25, 0.3) is 0 Å². The van der Waals surface area contributed by atoms with E-state index < -0.39 is 0 Å². The maximum atomic E-state index is 11.8. The van der Waals surface area contributed by atoms with E-state index in [-0.39, 0.29) is 23.8 Å². The van der Waals surface area contributed by atoms with Crippen LogP contribution in [0.15, 0.2) is 0 Å². The van der Waals surface area contributed by atoms with Crippen LogP contribution >= 0.6 is 0 Å². The minimum absolute atomic E-state index is 0.0394. The van der Waals surface area contributed by atoms with Gasteiger partial charge in [-0.15, -0.1) is 0 Å². The van der Waals surface area contributed by atoms with Gasteiger partial charge in [0, 0.05) is 25.6 Å². The van der Waals surface area contributed by atoms with Gasteiger partial charge in [0.15, 0.2) is 0 Å². The number of hydrogen-bond donors (Lipinski definition) is 1. The summed E-state index contributed by atoms with van der Waals surface area (Å²) in [4.78, 5) is 25.3. The molecule has 98 valence electrons. The fourth-order valence-electron chi connectivity index (χ4n) is 2.14. The Morgan fingerprint density at radius 2 is 2.18 bits per heavy atom. The van der Waals surface area contributed by atoms with Gasteiger partial charge < -0.3 is 10.2 Å². The fourth-order valence-corrected chi connectivity index (χ4v) is 2.14. The van der Waals surface area contributed by atoms with E-state index in [9.17, 15) is 9.59 Å². The SMILES string of the molecule is CCCCCNC(=O)[C@@H]1CC(=O)N(C(C)C)C1. The second-order valence-electron chi connectivity index (χ2n) is 5.04. The van der Waals surface area contributed by atoms with Crippen molar-refractivity contribution in [2.75, 3.05) is 13.1 Å². The lowest BCUT2D eigenvalue weighted by molar-refractivity contribution is -0.129. The van der Waals surface area contributed by atoms with Crippen molar-refractivity contribution < 1.29 is 9.59 Å². The number of hydrogen-bond acceptors (Lipinski definition) is 2. The lowest BCUT2D eigenvalue weighted by Gasteiger charge is -2.20. The zero-order valence-electron chi connectivity index (χ0n) is 11.2. The lowest BCUT2D eigenvalue weighted by Crippen LogP contribution is -2.35. The lowest BCUT2D eigenvalue weighted by atomic mass is 10.1. The minimum Gasteiger partial charge on any atom is -0.356 e. The summed E-state index contributed by atoms with van der Waals surface area (Å²) in [7, 11) is 0. The molecule has 1 aliphatic rings. The topological polar surface area (TPSA) is 49.4 Å². The number of likely N-dealkylation sites (tertiary alicyclic amines) is 1. The Bertz CT molecular complexity index is 277. The van der Waals surface area contributed by atoms with Gasteiger partial charge in [0.1, 0.15) is 0 Å².